The van der Waals surface area contributed by atoms with Crippen LogP contribution in [-0.2, 0) is 54.2 Å². The van der Waals surface area contributed by atoms with Crippen molar-refractivity contribution >= 4 is 48.0 Å². The van der Waals surface area contributed by atoms with Gasteiger partial charge in [-0.05, 0) is 69.8 Å². The van der Waals surface area contributed by atoms with Crippen LogP contribution in [0.15, 0.2) is 170 Å². The highest BCUT2D eigenvalue weighted by atomic mass is 16.7. The van der Waals surface area contributed by atoms with Crippen LogP contribution in [0, 0.1) is 0 Å². The average molecular weight is 901 g/mol. The monoisotopic (exact) mass is 900 g/mol. The van der Waals surface area contributed by atoms with Crippen molar-refractivity contribution in [2.45, 2.75) is 51.1 Å². The van der Waals surface area contributed by atoms with Crippen molar-refractivity contribution in [2.24, 2.45) is 0 Å². The number of hydrogen-bond acceptors (Lipinski definition) is 13. The summed E-state index contributed by atoms with van der Waals surface area (Å²) in [6.07, 6.45) is 2.35. The van der Waals surface area contributed by atoms with Crippen molar-refractivity contribution < 1.29 is 61.9 Å². The van der Waals surface area contributed by atoms with Crippen molar-refractivity contribution in [1.82, 2.24) is 0 Å². The Labute approximate surface area is 386 Å². The van der Waals surface area contributed by atoms with Crippen LogP contribution in [0.4, 0.5) is 0 Å². The Kier molecular flexibility index (Phi) is 14.3. The summed E-state index contributed by atoms with van der Waals surface area (Å²) in [4.78, 5) is 76.4. The molecule has 0 bridgehead atoms. The average Bonchev–Trinajstić information content (AvgIpc) is 3.60. The summed E-state index contributed by atoms with van der Waals surface area (Å²) in [6, 6.07) is 45.5. The van der Waals surface area contributed by atoms with Gasteiger partial charge >= 0.3 is 35.8 Å². The fourth-order valence-corrected chi connectivity index (χ4v) is 7.92. The number of carbonyl (C=O) groups excluding carboxylic acids is 6. The molecular formula is C54H44O13. The number of esters is 6. The minimum Gasteiger partial charge on any atom is -0.451 e. The second-order valence-electron chi connectivity index (χ2n) is 15.2. The smallest absolute Gasteiger partial charge is 0.331 e. The lowest BCUT2D eigenvalue weighted by Gasteiger charge is -2.37. The topological polar surface area (TPSA) is 167 Å². The van der Waals surface area contributed by atoms with Gasteiger partial charge in [0.2, 0.25) is 0 Å². The van der Waals surface area contributed by atoms with Crippen LogP contribution in [0.2, 0.25) is 0 Å². The second kappa shape index (κ2) is 20.6. The molecule has 1 heterocycles. The van der Waals surface area contributed by atoms with Crippen molar-refractivity contribution in [3.8, 4) is 23.0 Å². The maximum Gasteiger partial charge on any atom is 0.331 e. The number of hydrogen-bond donors (Lipinski definition) is 0. The van der Waals surface area contributed by atoms with Gasteiger partial charge in [-0.2, -0.15) is 0 Å². The van der Waals surface area contributed by atoms with Gasteiger partial charge in [-0.3, -0.25) is 19.2 Å². The fraction of sp³-hybridized carbons (Fsp3) is 0.148. The first-order valence-corrected chi connectivity index (χ1v) is 21.0. The van der Waals surface area contributed by atoms with E-state index in [1.165, 1.54) is 76.3 Å². The Morgan fingerprint density at radius 2 is 0.687 bits per heavy atom. The molecule has 0 saturated carbocycles. The van der Waals surface area contributed by atoms with Crippen LogP contribution in [0.3, 0.4) is 0 Å². The summed E-state index contributed by atoms with van der Waals surface area (Å²) in [7, 11) is 0. The van der Waals surface area contributed by atoms with Crippen molar-refractivity contribution in [3.05, 3.63) is 203 Å². The molecule has 338 valence electrons. The van der Waals surface area contributed by atoms with Crippen LogP contribution in [0.5, 0.6) is 23.0 Å². The normalized spacial score (nSPS) is 15.9. The van der Waals surface area contributed by atoms with Crippen LogP contribution in [0.25, 0.3) is 12.2 Å². The molecule has 1 aliphatic heterocycles. The minimum absolute atomic E-state index is 0.00163. The molecule has 1 saturated heterocycles. The van der Waals surface area contributed by atoms with E-state index >= 15 is 0 Å². The van der Waals surface area contributed by atoms with Crippen molar-refractivity contribution in [3.63, 3.8) is 0 Å². The van der Waals surface area contributed by atoms with Crippen LogP contribution in [-0.4, -0.2) is 48.0 Å². The standard InChI is InChI=1S/C54H44O13/c1-35(55)61-45-29-25-39(33-47(45)63-37(3)57)27-31-49(59)65-51-52(66-50(60)32-28-40-26-30-46(62-36(2)56)48(34-40)64-38(4)58)54(43-21-13-7-14-22-43,44-23-15-8-16-24-44)67-53(51,41-17-9-5-10-18-41)42-19-11-6-12-20-42/h5-34,51-52H,1-4H3/b31-27+,32-28+/t51-,52-/m1/s1. The van der Waals surface area contributed by atoms with Gasteiger partial charge in [0.25, 0.3) is 0 Å². The molecule has 0 aliphatic carbocycles. The van der Waals surface area contributed by atoms with Crippen molar-refractivity contribution in [2.75, 3.05) is 0 Å². The summed E-state index contributed by atoms with van der Waals surface area (Å²) < 4.78 is 41.9. The van der Waals surface area contributed by atoms with E-state index in [1.54, 1.807) is 12.1 Å². The van der Waals surface area contributed by atoms with Crippen molar-refractivity contribution in [1.29, 1.82) is 0 Å². The van der Waals surface area contributed by atoms with Crippen LogP contribution >= 0.6 is 0 Å². The van der Waals surface area contributed by atoms with E-state index in [9.17, 15) is 28.8 Å². The third-order valence-electron chi connectivity index (χ3n) is 10.5. The summed E-state index contributed by atoms with van der Waals surface area (Å²) >= 11 is 0. The van der Waals surface area contributed by atoms with Gasteiger partial charge in [0.1, 0.15) is 0 Å². The lowest BCUT2D eigenvalue weighted by molar-refractivity contribution is -0.164. The first kappa shape index (κ1) is 46.6. The summed E-state index contributed by atoms with van der Waals surface area (Å²) in [5.41, 5.74) is -0.246. The summed E-state index contributed by atoms with van der Waals surface area (Å²) in [5.74, 6) is -4.39. The van der Waals surface area contributed by atoms with Crippen LogP contribution in [0.1, 0.15) is 61.1 Å². The molecule has 0 aromatic heterocycles. The largest absolute Gasteiger partial charge is 0.451 e. The third-order valence-corrected chi connectivity index (χ3v) is 10.5. The van der Waals surface area contributed by atoms with E-state index in [0.717, 1.165) is 0 Å². The van der Waals surface area contributed by atoms with Crippen LogP contribution < -0.4 is 18.9 Å². The molecule has 1 aliphatic rings. The quantitative estimate of drug-likeness (QED) is 0.0578. The highest BCUT2D eigenvalue weighted by molar-refractivity contribution is 5.89. The van der Waals surface area contributed by atoms with Gasteiger partial charge in [0.15, 0.2) is 46.4 Å². The SMILES string of the molecule is CC(=O)Oc1ccc(/C=C/C(=O)O[C@@H]2[C@@H](OC(=O)/C=C/c3ccc(OC(C)=O)c(OC(C)=O)c3)C(c3ccccc3)(c3ccccc3)OC2(c2ccccc2)c2ccccc2)cc1OC(C)=O. The lowest BCUT2D eigenvalue weighted by atomic mass is 9.77. The Bertz CT molecular complexity index is 2560. The van der Waals surface area contributed by atoms with E-state index < -0.39 is 59.2 Å². The molecule has 0 N–H and O–H groups in total. The zero-order chi connectivity index (χ0) is 47.6. The first-order chi connectivity index (χ1) is 32.3. The Morgan fingerprint density at radius 1 is 0.403 bits per heavy atom. The van der Waals surface area contributed by atoms with E-state index in [-0.39, 0.29) is 23.0 Å². The molecule has 2 atom stereocenters. The second-order valence-corrected chi connectivity index (χ2v) is 15.2. The molecule has 7 rings (SSSR count). The maximum absolute atomic E-state index is 14.5. The molecule has 0 radical (unpaired) electrons. The van der Waals surface area contributed by atoms with E-state index in [2.05, 4.69) is 0 Å². The molecule has 6 aromatic carbocycles. The minimum atomic E-state index is -1.66. The number of carbonyl (C=O) groups is 6. The molecule has 13 heteroatoms. The molecule has 0 amide bonds. The fourth-order valence-electron chi connectivity index (χ4n) is 7.92. The molecule has 0 unspecified atom stereocenters. The Balaban J connectivity index is 1.39. The summed E-state index contributed by atoms with van der Waals surface area (Å²) in [5, 5.41) is 0. The zero-order valence-electron chi connectivity index (χ0n) is 36.8. The maximum atomic E-state index is 14.5. The lowest BCUT2D eigenvalue weighted by Crippen LogP contribution is -2.48. The molecule has 67 heavy (non-hydrogen) atoms. The van der Waals surface area contributed by atoms with Gasteiger partial charge in [0.05, 0.1) is 0 Å². The van der Waals surface area contributed by atoms with Gasteiger partial charge in [0, 0.05) is 39.8 Å². The Morgan fingerprint density at radius 3 is 0.970 bits per heavy atom. The van der Waals surface area contributed by atoms with Gasteiger partial charge in [-0.1, -0.05) is 133 Å². The predicted molar refractivity (Wildman–Crippen MR) is 244 cm³/mol. The summed E-state index contributed by atoms with van der Waals surface area (Å²) in [6.45, 7) is 4.81. The van der Waals surface area contributed by atoms with Gasteiger partial charge in [-0.15, -0.1) is 0 Å². The third kappa shape index (κ3) is 10.6. The molecule has 6 aromatic rings. The molecule has 0 spiro atoms. The van der Waals surface area contributed by atoms with E-state index in [0.29, 0.717) is 33.4 Å². The van der Waals surface area contributed by atoms with Gasteiger partial charge in [-0.25, -0.2) is 9.59 Å². The molecular weight excluding hydrogens is 857 g/mol. The zero-order valence-corrected chi connectivity index (χ0v) is 36.8. The van der Waals surface area contributed by atoms with Gasteiger partial charge < -0.3 is 33.2 Å². The Hall–Kier alpha value is -8.42. The van der Waals surface area contributed by atoms with E-state index in [1.807, 2.05) is 121 Å². The number of benzene rings is 6. The highest BCUT2D eigenvalue weighted by Gasteiger charge is 2.69. The molecule has 13 nitrogen and oxygen atoms in total. The van der Waals surface area contributed by atoms with E-state index in [4.69, 9.17) is 33.2 Å². The number of rotatable bonds is 14. The number of ether oxygens (including phenoxy) is 7. The molecule has 1 fully saturated rings. The first-order valence-electron chi connectivity index (χ1n) is 21.0. The predicted octanol–water partition coefficient (Wildman–Crippen LogP) is 8.86. The highest BCUT2D eigenvalue weighted by Crippen LogP contribution is 2.58.